The first-order valence-corrected chi connectivity index (χ1v) is 6.77. The molecule has 0 N–H and O–H groups in total. The molecule has 3 rings (SSSR count). The van der Waals surface area contributed by atoms with Gasteiger partial charge in [-0.05, 0) is 6.07 Å². The fraction of sp³-hybridized carbons (Fsp3) is 0. The number of hydrogen-bond acceptors (Lipinski definition) is 6. The Morgan fingerprint density at radius 1 is 1.48 bits per heavy atom. The zero-order valence-corrected chi connectivity index (χ0v) is 11.6. The number of rotatable bonds is 2. The largest absolute Gasteiger partial charge is 0.545 e. The molecule has 0 saturated carbocycles. The number of aromatic nitrogens is 3. The summed E-state index contributed by atoms with van der Waals surface area (Å²) in [5.74, 6) is -2.58. The average Bonchev–Trinajstić information content (AvgIpc) is 2.95. The summed E-state index contributed by atoms with van der Waals surface area (Å²) in [5.41, 5.74) is -1.48. The molecule has 3 aromatic rings. The summed E-state index contributed by atoms with van der Waals surface area (Å²) in [7, 11) is 0. The van der Waals surface area contributed by atoms with Crippen LogP contribution in [0.25, 0.3) is 16.2 Å². The highest BCUT2D eigenvalue weighted by Crippen LogP contribution is 2.21. The third-order valence-electron chi connectivity index (χ3n) is 2.73. The van der Waals surface area contributed by atoms with Crippen LogP contribution in [0.2, 0.25) is 5.15 Å². The molecule has 106 valence electrons. The molecule has 0 unspecified atom stereocenters. The van der Waals surface area contributed by atoms with Gasteiger partial charge in [0.25, 0.3) is 0 Å². The van der Waals surface area contributed by atoms with E-state index in [0.29, 0.717) is 5.13 Å². The highest BCUT2D eigenvalue weighted by molar-refractivity contribution is 7.12. The van der Waals surface area contributed by atoms with Crippen molar-refractivity contribution in [1.82, 2.24) is 14.5 Å². The lowest BCUT2D eigenvalue weighted by atomic mass is 10.2. The van der Waals surface area contributed by atoms with Crippen LogP contribution in [0.15, 0.2) is 28.6 Å². The third kappa shape index (κ3) is 2.18. The van der Waals surface area contributed by atoms with Crippen LogP contribution in [-0.4, -0.2) is 20.5 Å². The summed E-state index contributed by atoms with van der Waals surface area (Å²) in [6.45, 7) is 0. The minimum atomic E-state index is -1.66. The zero-order valence-electron chi connectivity index (χ0n) is 10.0. The van der Waals surface area contributed by atoms with Crippen molar-refractivity contribution in [3.05, 3.63) is 50.6 Å². The molecule has 6 nitrogen and oxygen atoms in total. The van der Waals surface area contributed by atoms with Crippen molar-refractivity contribution in [2.75, 3.05) is 0 Å². The second-order valence-electron chi connectivity index (χ2n) is 3.98. The van der Waals surface area contributed by atoms with Crippen LogP contribution in [0.1, 0.15) is 10.4 Å². The minimum absolute atomic E-state index is 0.0198. The lowest BCUT2D eigenvalue weighted by molar-refractivity contribution is -0.255. The van der Waals surface area contributed by atoms with Gasteiger partial charge in [-0.3, -0.25) is 9.36 Å². The molecule has 0 aromatic carbocycles. The predicted molar refractivity (Wildman–Crippen MR) is 72.3 cm³/mol. The molecule has 0 spiro atoms. The molecule has 0 fully saturated rings. The molecule has 3 heterocycles. The van der Waals surface area contributed by atoms with Crippen molar-refractivity contribution in [3.8, 4) is 5.13 Å². The summed E-state index contributed by atoms with van der Waals surface area (Å²) in [6.07, 6.45) is 2.54. The van der Waals surface area contributed by atoms with E-state index in [1.54, 1.807) is 5.38 Å². The van der Waals surface area contributed by atoms with Crippen molar-refractivity contribution in [3.63, 3.8) is 0 Å². The van der Waals surface area contributed by atoms with Gasteiger partial charge in [0.15, 0.2) is 27.2 Å². The first kappa shape index (κ1) is 13.7. The number of carboxylic acid groups (broad SMARTS) is 1. The van der Waals surface area contributed by atoms with Crippen LogP contribution in [0.4, 0.5) is 4.39 Å². The van der Waals surface area contributed by atoms with Crippen LogP contribution in [0.3, 0.4) is 0 Å². The average molecular weight is 325 g/mol. The molecule has 3 aromatic heterocycles. The Morgan fingerprint density at radius 3 is 2.86 bits per heavy atom. The van der Waals surface area contributed by atoms with Crippen LogP contribution >= 0.6 is 22.9 Å². The minimum Gasteiger partial charge on any atom is -0.545 e. The quantitative estimate of drug-likeness (QED) is 0.656. The number of nitrogens with zero attached hydrogens (tertiary/aromatic N) is 3. The van der Waals surface area contributed by atoms with E-state index in [0.717, 1.165) is 12.3 Å². The van der Waals surface area contributed by atoms with Crippen molar-refractivity contribution in [1.29, 1.82) is 0 Å². The van der Waals surface area contributed by atoms with Gasteiger partial charge in [0.05, 0.1) is 16.9 Å². The van der Waals surface area contributed by atoms with Gasteiger partial charge in [-0.15, -0.1) is 11.3 Å². The first-order chi connectivity index (χ1) is 9.99. The summed E-state index contributed by atoms with van der Waals surface area (Å²) < 4.78 is 14.8. The Morgan fingerprint density at radius 2 is 2.24 bits per heavy atom. The SMILES string of the molecule is O=C([O-])c1cn(-c2nccs2)c2nc(Cl)c(F)cc2c1=O. The van der Waals surface area contributed by atoms with Crippen molar-refractivity contribution < 1.29 is 14.3 Å². The fourth-order valence-electron chi connectivity index (χ4n) is 1.83. The lowest BCUT2D eigenvalue weighted by Gasteiger charge is -2.11. The number of fused-ring (bicyclic) bond motifs is 1. The second-order valence-corrected chi connectivity index (χ2v) is 5.21. The maximum absolute atomic E-state index is 13.5. The maximum atomic E-state index is 13.5. The molecular weight excluding hydrogens is 321 g/mol. The number of thiazole rings is 1. The third-order valence-corrected chi connectivity index (χ3v) is 3.77. The molecule has 0 bridgehead atoms. The van der Waals surface area contributed by atoms with Crippen LogP contribution < -0.4 is 10.5 Å². The maximum Gasteiger partial charge on any atom is 0.200 e. The Kier molecular flexibility index (Phi) is 3.19. The smallest absolute Gasteiger partial charge is 0.200 e. The standard InChI is InChI=1S/C12H5ClFN3O3S/c13-9-7(14)3-5-8(18)6(11(19)20)4-17(10(5)16-9)12-15-1-2-21-12/h1-4H,(H,19,20)/p-1. The highest BCUT2D eigenvalue weighted by Gasteiger charge is 2.16. The molecular formula is C12H4ClFN3O3S-. The Hall–Kier alpha value is -2.32. The van der Waals surface area contributed by atoms with Gasteiger partial charge in [-0.1, -0.05) is 11.6 Å². The molecule has 21 heavy (non-hydrogen) atoms. The molecule has 0 aliphatic rings. The molecule has 0 aliphatic heterocycles. The summed E-state index contributed by atoms with van der Waals surface area (Å²) in [4.78, 5) is 30.9. The molecule has 0 saturated heterocycles. The second kappa shape index (κ2) is 4.90. The number of pyridine rings is 2. The number of halogens is 2. The summed E-state index contributed by atoms with van der Waals surface area (Å²) >= 11 is 6.82. The van der Waals surface area contributed by atoms with E-state index in [2.05, 4.69) is 9.97 Å². The van der Waals surface area contributed by atoms with Crippen LogP contribution in [0.5, 0.6) is 0 Å². The highest BCUT2D eigenvalue weighted by atomic mass is 35.5. The lowest BCUT2D eigenvalue weighted by Crippen LogP contribution is -2.30. The van der Waals surface area contributed by atoms with E-state index in [1.807, 2.05) is 0 Å². The molecule has 9 heteroatoms. The Balaban J connectivity index is 2.51. The van der Waals surface area contributed by atoms with Crippen LogP contribution in [0, 0.1) is 5.82 Å². The van der Waals surface area contributed by atoms with E-state index in [-0.39, 0.29) is 11.0 Å². The van der Waals surface area contributed by atoms with Gasteiger partial charge in [0, 0.05) is 17.8 Å². The predicted octanol–water partition coefficient (Wildman–Crippen LogP) is 0.998. The summed E-state index contributed by atoms with van der Waals surface area (Å²) in [6, 6.07) is 0.851. The van der Waals surface area contributed by atoms with Gasteiger partial charge in [-0.2, -0.15) is 0 Å². The van der Waals surface area contributed by atoms with Gasteiger partial charge in [0.1, 0.15) is 0 Å². The molecule has 0 aliphatic carbocycles. The zero-order chi connectivity index (χ0) is 15.1. The Labute approximate surface area is 125 Å². The molecule has 0 atom stereocenters. The van der Waals surface area contributed by atoms with Crippen molar-refractivity contribution in [2.45, 2.75) is 0 Å². The van der Waals surface area contributed by atoms with E-state index in [9.17, 15) is 19.1 Å². The monoisotopic (exact) mass is 324 g/mol. The number of aromatic carboxylic acids is 1. The van der Waals surface area contributed by atoms with E-state index >= 15 is 0 Å². The number of carboxylic acids is 1. The van der Waals surface area contributed by atoms with E-state index in [1.165, 1.54) is 22.1 Å². The fourth-order valence-corrected chi connectivity index (χ4v) is 2.58. The van der Waals surface area contributed by atoms with Crippen molar-refractivity contribution in [2.24, 2.45) is 0 Å². The van der Waals surface area contributed by atoms with E-state index in [4.69, 9.17) is 11.6 Å². The topological polar surface area (TPSA) is 87.9 Å². The number of carbonyl (C=O) groups excluding carboxylic acids is 1. The number of hydrogen-bond donors (Lipinski definition) is 0. The summed E-state index contributed by atoms with van der Waals surface area (Å²) in [5, 5.41) is 12.4. The molecule has 0 radical (unpaired) electrons. The van der Waals surface area contributed by atoms with Crippen LogP contribution in [-0.2, 0) is 0 Å². The van der Waals surface area contributed by atoms with Gasteiger partial charge in [-0.25, -0.2) is 14.4 Å². The Bertz CT molecular complexity index is 924. The first-order valence-electron chi connectivity index (χ1n) is 5.51. The molecule has 0 amide bonds. The van der Waals surface area contributed by atoms with E-state index < -0.39 is 27.9 Å². The van der Waals surface area contributed by atoms with Gasteiger partial charge in [0.2, 0.25) is 0 Å². The van der Waals surface area contributed by atoms with Gasteiger partial charge < -0.3 is 9.90 Å². The van der Waals surface area contributed by atoms with Crippen molar-refractivity contribution >= 4 is 39.9 Å². The normalized spacial score (nSPS) is 11.0. The number of carbonyl (C=O) groups is 1. The van der Waals surface area contributed by atoms with Gasteiger partial charge >= 0.3 is 0 Å².